The van der Waals surface area contributed by atoms with E-state index in [4.69, 9.17) is 0 Å². The molecule has 2 aliphatic carbocycles. The molecule has 2 fully saturated rings. The molecule has 74 valence electrons. The van der Waals surface area contributed by atoms with Crippen molar-refractivity contribution in [3.63, 3.8) is 0 Å². The maximum atomic E-state index is 11.9. The fourth-order valence-corrected chi connectivity index (χ4v) is 3.27. The monoisotopic (exact) mass is 182 g/mol. The molecule has 0 amide bonds. The van der Waals surface area contributed by atoms with E-state index < -0.39 is 6.10 Å². The fourth-order valence-electron chi connectivity index (χ4n) is 3.27. The van der Waals surface area contributed by atoms with Gasteiger partial charge in [-0.3, -0.25) is 4.79 Å². The van der Waals surface area contributed by atoms with Crippen LogP contribution in [0.4, 0.5) is 0 Å². The Hall–Kier alpha value is -0.370. The predicted molar refractivity (Wildman–Crippen MR) is 50.2 cm³/mol. The molecule has 0 aromatic rings. The van der Waals surface area contributed by atoms with E-state index in [9.17, 15) is 9.90 Å². The lowest BCUT2D eigenvalue weighted by Gasteiger charge is -2.37. The number of aliphatic hydroxyl groups is 1. The Balaban J connectivity index is 2.61. The van der Waals surface area contributed by atoms with Gasteiger partial charge in [0.1, 0.15) is 6.10 Å². The van der Waals surface area contributed by atoms with Crippen LogP contribution in [0.15, 0.2) is 0 Å². The smallest absolute Gasteiger partial charge is 0.168 e. The van der Waals surface area contributed by atoms with E-state index in [1.165, 1.54) is 0 Å². The summed E-state index contributed by atoms with van der Waals surface area (Å²) in [4.78, 5) is 11.9. The summed E-state index contributed by atoms with van der Waals surface area (Å²) in [5.74, 6) is 0.0613. The summed E-state index contributed by atoms with van der Waals surface area (Å²) >= 11 is 0. The molecule has 3 atom stereocenters. The number of fused-ring (bicyclic) bond motifs is 2. The molecule has 2 nitrogen and oxygen atoms in total. The van der Waals surface area contributed by atoms with Gasteiger partial charge < -0.3 is 5.11 Å². The van der Waals surface area contributed by atoms with E-state index in [2.05, 4.69) is 13.8 Å². The van der Waals surface area contributed by atoms with Gasteiger partial charge in [0.25, 0.3) is 0 Å². The van der Waals surface area contributed by atoms with Gasteiger partial charge in [-0.05, 0) is 18.3 Å². The zero-order chi connectivity index (χ0) is 10.1. The maximum Gasteiger partial charge on any atom is 0.168 e. The highest BCUT2D eigenvalue weighted by atomic mass is 16.3. The Morgan fingerprint density at radius 2 is 1.77 bits per heavy atom. The normalized spacial score (nSPS) is 53.0. The quantitative estimate of drug-likeness (QED) is 0.620. The molecule has 0 aliphatic heterocycles. The summed E-state index contributed by atoms with van der Waals surface area (Å²) in [5, 5.41) is 9.90. The van der Waals surface area contributed by atoms with Gasteiger partial charge in [-0.25, -0.2) is 0 Å². The Labute approximate surface area is 79.3 Å². The lowest BCUT2D eigenvalue weighted by molar-refractivity contribution is -0.136. The van der Waals surface area contributed by atoms with Gasteiger partial charge in [0, 0.05) is 10.8 Å². The molecular formula is C11H18O2. The van der Waals surface area contributed by atoms with Crippen molar-refractivity contribution in [2.75, 3.05) is 0 Å². The summed E-state index contributed by atoms with van der Waals surface area (Å²) < 4.78 is 0. The van der Waals surface area contributed by atoms with E-state index in [-0.39, 0.29) is 22.0 Å². The summed E-state index contributed by atoms with van der Waals surface area (Å²) in [6, 6.07) is 0. The second-order valence-electron chi connectivity index (χ2n) is 5.64. The molecule has 0 heterocycles. The zero-order valence-electron chi connectivity index (χ0n) is 8.85. The van der Waals surface area contributed by atoms with Crippen molar-refractivity contribution in [1.82, 2.24) is 0 Å². The first-order valence-electron chi connectivity index (χ1n) is 5.00. The molecule has 13 heavy (non-hydrogen) atoms. The molecular weight excluding hydrogens is 164 g/mol. The van der Waals surface area contributed by atoms with E-state index >= 15 is 0 Å². The van der Waals surface area contributed by atoms with Crippen LogP contribution >= 0.6 is 0 Å². The highest BCUT2D eigenvalue weighted by Crippen LogP contribution is 2.70. The number of carbonyl (C=O) groups is 1. The second kappa shape index (κ2) is 2.00. The molecule has 0 aromatic carbocycles. The lowest BCUT2D eigenvalue weighted by atomic mass is 9.66. The SMILES string of the molecule is CC1(C)[C@]2(C)CC[C@]1(C)[C@@H](O)C2=O. The molecule has 0 spiro atoms. The number of rotatable bonds is 0. The van der Waals surface area contributed by atoms with Crippen LogP contribution < -0.4 is 0 Å². The van der Waals surface area contributed by atoms with Crippen LogP contribution in [0.25, 0.3) is 0 Å². The molecule has 2 heteroatoms. The second-order valence-corrected chi connectivity index (χ2v) is 5.64. The summed E-state index contributed by atoms with van der Waals surface area (Å²) in [5.41, 5.74) is -0.545. The number of carbonyl (C=O) groups excluding carboxylic acids is 1. The summed E-state index contributed by atoms with van der Waals surface area (Å²) in [6.07, 6.45) is 1.18. The topological polar surface area (TPSA) is 37.3 Å². The number of aliphatic hydroxyl groups excluding tert-OH is 1. The molecule has 2 bridgehead atoms. The molecule has 2 saturated carbocycles. The summed E-state index contributed by atoms with van der Waals surface area (Å²) in [7, 11) is 0. The average Bonchev–Trinajstić information content (AvgIpc) is 2.28. The number of Topliss-reactive ketones (excluding diaryl/α,β-unsaturated/α-hetero) is 1. The first-order valence-corrected chi connectivity index (χ1v) is 5.00. The Kier molecular flexibility index (Phi) is 1.42. The minimum absolute atomic E-state index is 0.0590. The number of hydrogen-bond donors (Lipinski definition) is 1. The van der Waals surface area contributed by atoms with Crippen LogP contribution in [0.5, 0.6) is 0 Å². The Morgan fingerprint density at radius 3 is 2.00 bits per heavy atom. The largest absolute Gasteiger partial charge is 0.385 e. The Morgan fingerprint density at radius 1 is 1.23 bits per heavy atom. The molecule has 0 aromatic heterocycles. The van der Waals surface area contributed by atoms with Crippen molar-refractivity contribution in [3.8, 4) is 0 Å². The van der Waals surface area contributed by atoms with Gasteiger partial charge in [0.15, 0.2) is 5.78 Å². The van der Waals surface area contributed by atoms with Gasteiger partial charge in [-0.1, -0.05) is 27.7 Å². The van der Waals surface area contributed by atoms with E-state index in [1.807, 2.05) is 13.8 Å². The minimum Gasteiger partial charge on any atom is -0.385 e. The highest BCUT2D eigenvalue weighted by Gasteiger charge is 2.72. The van der Waals surface area contributed by atoms with Crippen LogP contribution in [-0.4, -0.2) is 17.0 Å². The lowest BCUT2D eigenvalue weighted by Crippen LogP contribution is -2.37. The predicted octanol–water partition coefficient (Wildman–Crippen LogP) is 1.76. The van der Waals surface area contributed by atoms with Crippen LogP contribution in [0, 0.1) is 16.2 Å². The number of hydrogen-bond acceptors (Lipinski definition) is 2. The first kappa shape index (κ1) is 9.20. The third kappa shape index (κ3) is 0.653. The van der Waals surface area contributed by atoms with Gasteiger partial charge in [0.05, 0.1) is 0 Å². The minimum atomic E-state index is -0.735. The van der Waals surface area contributed by atoms with E-state index in [0.29, 0.717) is 0 Å². The third-order valence-corrected chi connectivity index (χ3v) is 5.35. The fraction of sp³-hybridized carbons (Fsp3) is 0.909. The highest BCUT2D eigenvalue weighted by molar-refractivity contribution is 5.94. The average molecular weight is 182 g/mol. The van der Waals surface area contributed by atoms with Crippen molar-refractivity contribution in [2.24, 2.45) is 16.2 Å². The van der Waals surface area contributed by atoms with Gasteiger partial charge in [-0.15, -0.1) is 0 Å². The molecule has 0 radical (unpaired) electrons. The van der Waals surface area contributed by atoms with Crippen LogP contribution in [0.2, 0.25) is 0 Å². The van der Waals surface area contributed by atoms with Crippen molar-refractivity contribution < 1.29 is 9.90 Å². The zero-order valence-corrected chi connectivity index (χ0v) is 8.85. The molecule has 2 rings (SSSR count). The standard InChI is InChI=1S/C11H18O2/c1-9(2)10(3)5-6-11(9,4)8(13)7(10)12/h7,12H,5-6H2,1-4H3/t7-,10+,11+/m0/s1. The summed E-state index contributed by atoms with van der Waals surface area (Å²) in [6.45, 7) is 8.30. The maximum absolute atomic E-state index is 11.9. The molecule has 1 N–H and O–H groups in total. The van der Waals surface area contributed by atoms with Crippen LogP contribution in [-0.2, 0) is 4.79 Å². The van der Waals surface area contributed by atoms with Gasteiger partial charge in [-0.2, -0.15) is 0 Å². The van der Waals surface area contributed by atoms with Gasteiger partial charge >= 0.3 is 0 Å². The Bertz CT molecular complexity index is 279. The van der Waals surface area contributed by atoms with Crippen molar-refractivity contribution in [2.45, 2.75) is 46.6 Å². The van der Waals surface area contributed by atoms with Gasteiger partial charge in [0.2, 0.25) is 0 Å². The molecule has 2 aliphatic rings. The number of ketones is 1. The van der Waals surface area contributed by atoms with Crippen LogP contribution in [0.3, 0.4) is 0 Å². The third-order valence-electron chi connectivity index (χ3n) is 5.35. The first-order chi connectivity index (χ1) is 5.77. The van der Waals surface area contributed by atoms with E-state index in [1.54, 1.807) is 0 Å². The van der Waals surface area contributed by atoms with Crippen molar-refractivity contribution in [1.29, 1.82) is 0 Å². The molecule has 0 unspecified atom stereocenters. The van der Waals surface area contributed by atoms with Crippen LogP contribution in [0.1, 0.15) is 40.5 Å². The van der Waals surface area contributed by atoms with E-state index in [0.717, 1.165) is 12.8 Å². The van der Waals surface area contributed by atoms with Crippen molar-refractivity contribution >= 4 is 5.78 Å². The van der Waals surface area contributed by atoms with Crippen molar-refractivity contribution in [3.05, 3.63) is 0 Å². The molecule has 0 saturated heterocycles.